The number of nitrogens with zero attached hydrogens (tertiary/aromatic N) is 3. The van der Waals surface area contributed by atoms with Gasteiger partial charge in [-0.15, -0.1) is 11.3 Å². The summed E-state index contributed by atoms with van der Waals surface area (Å²) < 4.78 is 6.86. The third-order valence-electron chi connectivity index (χ3n) is 6.42. The highest BCUT2D eigenvalue weighted by atomic mass is 32.2. The largest absolute Gasteiger partial charge is 0.497 e. The fourth-order valence-electron chi connectivity index (χ4n) is 4.76. The first-order chi connectivity index (χ1) is 16.0. The van der Waals surface area contributed by atoms with Gasteiger partial charge in [-0.2, -0.15) is 5.26 Å². The number of carbonyl (C=O) groups is 1. The fraction of sp³-hybridized carbons (Fsp3) is 0.417. The number of rotatable bonds is 6. The SMILES string of the molecule is COc1ccc(-n2c(SCC(=O)NC3(C#N)CCCC3)nc3sc4c(c3c2=O)CCC4)cc1. The Labute approximate surface area is 199 Å². The minimum absolute atomic E-state index is 0.0859. The van der Waals surface area contributed by atoms with E-state index in [-0.39, 0.29) is 17.2 Å². The second-order valence-corrected chi connectivity index (χ2v) is 10.5. The van der Waals surface area contributed by atoms with E-state index in [1.54, 1.807) is 23.0 Å². The van der Waals surface area contributed by atoms with Crippen LogP contribution < -0.4 is 15.6 Å². The van der Waals surface area contributed by atoms with E-state index in [0.29, 0.717) is 34.8 Å². The number of aryl methyl sites for hydroxylation is 2. The van der Waals surface area contributed by atoms with Gasteiger partial charge in [-0.3, -0.25) is 14.2 Å². The van der Waals surface area contributed by atoms with Crippen molar-refractivity contribution in [3.05, 3.63) is 45.1 Å². The number of hydrogen-bond donors (Lipinski definition) is 1. The zero-order valence-electron chi connectivity index (χ0n) is 18.3. The van der Waals surface area contributed by atoms with Gasteiger partial charge >= 0.3 is 0 Å². The number of thioether (sulfide) groups is 1. The monoisotopic (exact) mass is 480 g/mol. The van der Waals surface area contributed by atoms with Gasteiger partial charge in [0.2, 0.25) is 5.91 Å². The molecule has 1 N–H and O–H groups in total. The summed E-state index contributed by atoms with van der Waals surface area (Å²) in [6, 6.07) is 9.56. The number of benzene rings is 1. The average molecular weight is 481 g/mol. The lowest BCUT2D eigenvalue weighted by Crippen LogP contribution is -2.45. The van der Waals surface area contributed by atoms with Crippen LogP contribution in [-0.2, 0) is 17.6 Å². The summed E-state index contributed by atoms with van der Waals surface area (Å²) in [6.07, 6.45) is 6.21. The van der Waals surface area contributed by atoms with E-state index in [1.807, 2.05) is 24.3 Å². The molecule has 33 heavy (non-hydrogen) atoms. The summed E-state index contributed by atoms with van der Waals surface area (Å²) in [5.41, 5.74) is 0.942. The van der Waals surface area contributed by atoms with Crippen LogP contribution in [0.3, 0.4) is 0 Å². The Morgan fingerprint density at radius 3 is 2.73 bits per heavy atom. The molecule has 2 aromatic heterocycles. The molecule has 2 aliphatic rings. The maximum absolute atomic E-state index is 13.7. The van der Waals surface area contributed by atoms with Crippen molar-refractivity contribution < 1.29 is 9.53 Å². The van der Waals surface area contributed by atoms with Gasteiger partial charge in [0.15, 0.2) is 5.16 Å². The third kappa shape index (κ3) is 4.02. The Bertz CT molecular complexity index is 1310. The van der Waals surface area contributed by atoms with Crippen molar-refractivity contribution in [1.29, 1.82) is 5.26 Å². The van der Waals surface area contributed by atoms with Gasteiger partial charge in [0.05, 0.1) is 30.0 Å². The first-order valence-electron chi connectivity index (χ1n) is 11.1. The fourth-order valence-corrected chi connectivity index (χ4v) is 6.87. The number of ether oxygens (including phenoxy) is 1. The molecule has 0 unspecified atom stereocenters. The second kappa shape index (κ2) is 8.84. The van der Waals surface area contributed by atoms with Crippen LogP contribution in [0.1, 0.15) is 42.5 Å². The van der Waals surface area contributed by atoms with Crippen molar-refractivity contribution >= 4 is 39.2 Å². The minimum atomic E-state index is -0.765. The zero-order chi connectivity index (χ0) is 23.0. The second-order valence-electron chi connectivity index (χ2n) is 8.51. The molecule has 1 saturated carbocycles. The lowest BCUT2D eigenvalue weighted by Gasteiger charge is -2.22. The van der Waals surface area contributed by atoms with E-state index < -0.39 is 5.54 Å². The molecule has 0 spiro atoms. The van der Waals surface area contributed by atoms with Crippen LogP contribution >= 0.6 is 23.1 Å². The van der Waals surface area contributed by atoms with Gasteiger partial charge in [0, 0.05) is 4.88 Å². The van der Waals surface area contributed by atoms with E-state index in [1.165, 1.54) is 16.6 Å². The Hall–Kier alpha value is -2.83. The predicted molar refractivity (Wildman–Crippen MR) is 129 cm³/mol. The summed E-state index contributed by atoms with van der Waals surface area (Å²) in [6.45, 7) is 0. The van der Waals surface area contributed by atoms with E-state index in [4.69, 9.17) is 9.72 Å². The van der Waals surface area contributed by atoms with Crippen molar-refractivity contribution in [3.63, 3.8) is 0 Å². The molecule has 7 nitrogen and oxygen atoms in total. The quantitative estimate of drug-likeness (QED) is 0.423. The first-order valence-corrected chi connectivity index (χ1v) is 12.9. The van der Waals surface area contributed by atoms with Gasteiger partial charge in [-0.25, -0.2) is 4.98 Å². The summed E-state index contributed by atoms with van der Waals surface area (Å²) in [4.78, 5) is 33.2. The van der Waals surface area contributed by atoms with Crippen LogP contribution in [0.15, 0.2) is 34.2 Å². The molecule has 3 aromatic rings. The van der Waals surface area contributed by atoms with Crippen LogP contribution in [0.5, 0.6) is 5.75 Å². The van der Waals surface area contributed by atoms with Crippen molar-refractivity contribution in [2.45, 2.75) is 55.6 Å². The minimum Gasteiger partial charge on any atom is -0.497 e. The number of nitriles is 1. The van der Waals surface area contributed by atoms with Crippen LogP contribution in [0, 0.1) is 11.3 Å². The van der Waals surface area contributed by atoms with Gasteiger partial charge in [-0.05, 0) is 74.8 Å². The number of methoxy groups -OCH3 is 1. The molecule has 0 bridgehead atoms. The van der Waals surface area contributed by atoms with Gasteiger partial charge in [-0.1, -0.05) is 11.8 Å². The molecule has 1 fully saturated rings. The molecular formula is C24H24N4O3S2. The Morgan fingerprint density at radius 1 is 1.27 bits per heavy atom. The van der Waals surface area contributed by atoms with E-state index in [0.717, 1.165) is 42.5 Å². The Kier molecular flexibility index (Phi) is 5.89. The number of fused-ring (bicyclic) bond motifs is 3. The number of thiophene rings is 1. The van der Waals surface area contributed by atoms with E-state index in [9.17, 15) is 14.9 Å². The molecule has 170 valence electrons. The molecule has 0 aliphatic heterocycles. The number of aromatic nitrogens is 2. The summed E-state index contributed by atoms with van der Waals surface area (Å²) >= 11 is 2.81. The number of amides is 1. The first kappa shape index (κ1) is 22.0. The van der Waals surface area contributed by atoms with Gasteiger partial charge in [0.1, 0.15) is 16.1 Å². The molecule has 0 atom stereocenters. The van der Waals surface area contributed by atoms with Crippen LogP contribution in [-0.4, -0.2) is 33.9 Å². The number of hydrogen-bond acceptors (Lipinski definition) is 7. The molecule has 1 amide bonds. The molecule has 9 heteroatoms. The lowest BCUT2D eigenvalue weighted by atomic mass is 10.0. The molecule has 2 heterocycles. The normalized spacial score (nSPS) is 16.5. The lowest BCUT2D eigenvalue weighted by molar-refractivity contribution is -0.119. The highest BCUT2D eigenvalue weighted by Crippen LogP contribution is 2.36. The van der Waals surface area contributed by atoms with Crippen molar-refractivity contribution in [2.24, 2.45) is 0 Å². The molecule has 5 rings (SSSR count). The van der Waals surface area contributed by atoms with Crippen LogP contribution in [0.4, 0.5) is 0 Å². The van der Waals surface area contributed by atoms with Gasteiger partial charge in [0.25, 0.3) is 5.56 Å². The topological polar surface area (TPSA) is 97.0 Å². The van der Waals surface area contributed by atoms with E-state index >= 15 is 0 Å². The highest BCUT2D eigenvalue weighted by molar-refractivity contribution is 7.99. The predicted octanol–water partition coefficient (Wildman–Crippen LogP) is 3.99. The van der Waals surface area contributed by atoms with Crippen LogP contribution in [0.2, 0.25) is 0 Å². The molecule has 2 aliphatic carbocycles. The molecule has 0 saturated heterocycles. The summed E-state index contributed by atoms with van der Waals surface area (Å²) in [5.74, 6) is 0.569. The Morgan fingerprint density at radius 2 is 2.03 bits per heavy atom. The van der Waals surface area contributed by atoms with Crippen LogP contribution in [0.25, 0.3) is 15.9 Å². The molecular weight excluding hydrogens is 456 g/mol. The number of nitrogens with one attached hydrogen (secondary N) is 1. The zero-order valence-corrected chi connectivity index (χ0v) is 20.0. The smallest absolute Gasteiger partial charge is 0.267 e. The number of carbonyl (C=O) groups excluding carboxylic acids is 1. The van der Waals surface area contributed by atoms with Crippen molar-refractivity contribution in [2.75, 3.05) is 12.9 Å². The van der Waals surface area contributed by atoms with Crippen molar-refractivity contribution in [3.8, 4) is 17.5 Å². The molecule has 1 aromatic carbocycles. The maximum Gasteiger partial charge on any atom is 0.267 e. The summed E-state index contributed by atoms with van der Waals surface area (Å²) in [5, 5.41) is 13.7. The molecule has 0 radical (unpaired) electrons. The van der Waals surface area contributed by atoms with Gasteiger partial charge < -0.3 is 10.1 Å². The Balaban J connectivity index is 1.51. The third-order valence-corrected chi connectivity index (χ3v) is 8.55. The average Bonchev–Trinajstić information content (AvgIpc) is 3.54. The highest BCUT2D eigenvalue weighted by Gasteiger charge is 2.35. The summed E-state index contributed by atoms with van der Waals surface area (Å²) in [7, 11) is 1.60. The van der Waals surface area contributed by atoms with E-state index in [2.05, 4.69) is 11.4 Å². The maximum atomic E-state index is 13.7. The standard InChI is InChI=1S/C24H24N4O3S2/c1-31-16-9-7-15(8-10-16)28-22(30)20-17-5-4-6-18(17)33-21(20)26-23(28)32-13-19(29)27-24(14-25)11-2-3-12-24/h7-10H,2-6,11-13H2,1H3,(H,27,29). The van der Waals surface area contributed by atoms with Crippen molar-refractivity contribution in [1.82, 2.24) is 14.9 Å².